The van der Waals surface area contributed by atoms with Gasteiger partial charge in [0.25, 0.3) is 5.91 Å². The van der Waals surface area contributed by atoms with Gasteiger partial charge in [0.1, 0.15) is 0 Å². The SMILES string of the molecule is COCCC(=O)NC1(CNC(=O)c2cnn3ccncc23)CCC1. The number of nitrogens with zero attached hydrogens (tertiary/aromatic N) is 3. The Morgan fingerprint density at radius 2 is 2.21 bits per heavy atom. The minimum Gasteiger partial charge on any atom is -0.384 e. The third kappa shape index (κ3) is 3.38. The van der Waals surface area contributed by atoms with Gasteiger partial charge in [-0.05, 0) is 19.3 Å². The van der Waals surface area contributed by atoms with Gasteiger partial charge in [-0.3, -0.25) is 14.6 Å². The molecule has 0 atom stereocenters. The summed E-state index contributed by atoms with van der Waals surface area (Å²) in [4.78, 5) is 28.4. The second kappa shape index (κ2) is 6.96. The highest BCUT2D eigenvalue weighted by molar-refractivity contribution is 6.00. The Morgan fingerprint density at radius 1 is 1.38 bits per heavy atom. The lowest BCUT2D eigenvalue weighted by molar-refractivity contribution is -0.125. The molecule has 3 rings (SSSR count). The van der Waals surface area contributed by atoms with Crippen LogP contribution in [0.5, 0.6) is 0 Å². The Morgan fingerprint density at radius 3 is 2.92 bits per heavy atom. The molecular formula is C16H21N5O3. The molecule has 2 aromatic rings. The summed E-state index contributed by atoms with van der Waals surface area (Å²) in [6.45, 7) is 0.797. The first-order valence-electron chi connectivity index (χ1n) is 7.99. The first-order valence-corrected chi connectivity index (χ1v) is 7.99. The summed E-state index contributed by atoms with van der Waals surface area (Å²) in [7, 11) is 1.57. The molecule has 0 spiro atoms. The zero-order chi connectivity index (χ0) is 17.0. The molecule has 2 N–H and O–H groups in total. The minimum atomic E-state index is -0.346. The highest BCUT2D eigenvalue weighted by atomic mass is 16.5. The van der Waals surface area contributed by atoms with E-state index in [1.165, 1.54) is 6.20 Å². The van der Waals surface area contributed by atoms with Gasteiger partial charge in [0.15, 0.2) is 0 Å². The van der Waals surface area contributed by atoms with Gasteiger partial charge in [-0.15, -0.1) is 0 Å². The van der Waals surface area contributed by atoms with Crippen molar-refractivity contribution in [1.82, 2.24) is 25.2 Å². The summed E-state index contributed by atoms with van der Waals surface area (Å²) in [6, 6.07) is 0. The molecule has 0 bridgehead atoms. The number of hydrogen-bond acceptors (Lipinski definition) is 5. The minimum absolute atomic E-state index is 0.0500. The van der Waals surface area contributed by atoms with Gasteiger partial charge in [-0.25, -0.2) is 4.52 Å². The molecule has 0 aliphatic heterocycles. The number of carbonyl (C=O) groups is 2. The normalized spacial score (nSPS) is 15.7. The summed E-state index contributed by atoms with van der Waals surface area (Å²) < 4.78 is 6.53. The second-order valence-electron chi connectivity index (χ2n) is 6.07. The molecule has 0 saturated heterocycles. The lowest BCUT2D eigenvalue weighted by Gasteiger charge is -2.42. The Hall–Kier alpha value is -2.48. The van der Waals surface area contributed by atoms with Crippen LogP contribution in [0.1, 0.15) is 36.0 Å². The second-order valence-corrected chi connectivity index (χ2v) is 6.07. The van der Waals surface area contributed by atoms with E-state index in [4.69, 9.17) is 4.74 Å². The van der Waals surface area contributed by atoms with Crippen LogP contribution in [0.25, 0.3) is 5.52 Å². The number of methoxy groups -OCH3 is 1. The van der Waals surface area contributed by atoms with Crippen LogP contribution in [-0.4, -0.2) is 52.2 Å². The van der Waals surface area contributed by atoms with Crippen LogP contribution >= 0.6 is 0 Å². The van der Waals surface area contributed by atoms with Gasteiger partial charge < -0.3 is 15.4 Å². The van der Waals surface area contributed by atoms with E-state index in [2.05, 4.69) is 20.7 Å². The first-order chi connectivity index (χ1) is 11.6. The molecule has 1 aliphatic rings. The van der Waals surface area contributed by atoms with Crippen molar-refractivity contribution in [2.45, 2.75) is 31.2 Å². The zero-order valence-electron chi connectivity index (χ0n) is 13.6. The van der Waals surface area contributed by atoms with Crippen molar-refractivity contribution in [2.24, 2.45) is 0 Å². The molecule has 2 aromatic heterocycles. The molecule has 1 saturated carbocycles. The maximum atomic E-state index is 12.4. The van der Waals surface area contributed by atoms with E-state index in [1.807, 2.05) is 0 Å². The number of ether oxygens (including phenoxy) is 1. The van der Waals surface area contributed by atoms with Gasteiger partial charge in [0.05, 0.1) is 35.6 Å². The van der Waals surface area contributed by atoms with E-state index in [-0.39, 0.29) is 17.4 Å². The molecule has 0 unspecified atom stereocenters. The fourth-order valence-electron chi connectivity index (χ4n) is 2.86. The van der Waals surface area contributed by atoms with Crippen LogP contribution in [0.3, 0.4) is 0 Å². The number of rotatable bonds is 7. The summed E-state index contributed by atoms with van der Waals surface area (Å²) in [5, 5.41) is 10.1. The van der Waals surface area contributed by atoms with Crippen LogP contribution in [-0.2, 0) is 9.53 Å². The Balaban J connectivity index is 1.61. The van der Waals surface area contributed by atoms with Crippen molar-refractivity contribution in [1.29, 1.82) is 0 Å². The Kier molecular flexibility index (Phi) is 4.75. The average Bonchev–Trinajstić information content (AvgIpc) is 2.99. The van der Waals surface area contributed by atoms with E-state index >= 15 is 0 Å². The molecule has 1 aliphatic carbocycles. The highest BCUT2D eigenvalue weighted by Crippen LogP contribution is 2.31. The maximum absolute atomic E-state index is 12.4. The van der Waals surface area contributed by atoms with Crippen LogP contribution < -0.4 is 10.6 Å². The smallest absolute Gasteiger partial charge is 0.255 e. The van der Waals surface area contributed by atoms with Crippen molar-refractivity contribution in [2.75, 3.05) is 20.3 Å². The molecule has 8 nitrogen and oxygen atoms in total. The standard InChI is InChI=1S/C16H21N5O3/c1-24-8-3-14(22)20-16(4-2-5-16)11-18-15(23)12-9-19-21-7-6-17-10-13(12)21/h6-7,9-10H,2-5,8,11H2,1H3,(H,18,23)(H,20,22). The van der Waals surface area contributed by atoms with Crippen LogP contribution in [0.4, 0.5) is 0 Å². The lowest BCUT2D eigenvalue weighted by atomic mass is 9.76. The summed E-state index contributed by atoms with van der Waals surface area (Å²) in [5.41, 5.74) is 0.784. The number of hydrogen-bond donors (Lipinski definition) is 2. The third-order valence-electron chi connectivity index (χ3n) is 4.41. The highest BCUT2D eigenvalue weighted by Gasteiger charge is 2.38. The molecule has 1 fully saturated rings. The van der Waals surface area contributed by atoms with Crippen molar-refractivity contribution < 1.29 is 14.3 Å². The van der Waals surface area contributed by atoms with E-state index < -0.39 is 0 Å². The van der Waals surface area contributed by atoms with Gasteiger partial charge in [0, 0.05) is 32.5 Å². The quantitative estimate of drug-likeness (QED) is 0.771. The number of aromatic nitrogens is 3. The molecule has 2 heterocycles. The zero-order valence-corrected chi connectivity index (χ0v) is 13.6. The van der Waals surface area contributed by atoms with Gasteiger partial charge in [-0.2, -0.15) is 5.10 Å². The fraction of sp³-hybridized carbons (Fsp3) is 0.500. The van der Waals surface area contributed by atoms with E-state index in [0.29, 0.717) is 30.7 Å². The fourth-order valence-corrected chi connectivity index (χ4v) is 2.86. The maximum Gasteiger partial charge on any atom is 0.255 e. The lowest BCUT2D eigenvalue weighted by Crippen LogP contribution is -2.59. The van der Waals surface area contributed by atoms with Crippen molar-refractivity contribution >= 4 is 17.3 Å². The summed E-state index contributed by atoms with van der Waals surface area (Å²) in [6.07, 6.45) is 9.53. The molecule has 0 radical (unpaired) electrons. The van der Waals surface area contributed by atoms with Crippen molar-refractivity contribution in [3.63, 3.8) is 0 Å². The largest absolute Gasteiger partial charge is 0.384 e. The van der Waals surface area contributed by atoms with Gasteiger partial charge >= 0.3 is 0 Å². The van der Waals surface area contributed by atoms with Gasteiger partial charge in [0.2, 0.25) is 5.91 Å². The predicted octanol–water partition coefficient (Wildman–Crippen LogP) is 0.534. The Bertz CT molecular complexity index is 738. The van der Waals surface area contributed by atoms with E-state index in [0.717, 1.165) is 19.3 Å². The van der Waals surface area contributed by atoms with Gasteiger partial charge in [-0.1, -0.05) is 0 Å². The summed E-state index contributed by atoms with van der Waals surface area (Å²) >= 11 is 0. The van der Waals surface area contributed by atoms with Crippen LogP contribution in [0.15, 0.2) is 24.8 Å². The topological polar surface area (TPSA) is 97.6 Å². The van der Waals surface area contributed by atoms with Crippen molar-refractivity contribution in [3.05, 3.63) is 30.4 Å². The number of amides is 2. The summed E-state index contributed by atoms with van der Waals surface area (Å²) in [5.74, 6) is -0.263. The van der Waals surface area contributed by atoms with Crippen LogP contribution in [0.2, 0.25) is 0 Å². The molecule has 0 aromatic carbocycles. The monoisotopic (exact) mass is 331 g/mol. The third-order valence-corrected chi connectivity index (χ3v) is 4.41. The molecular weight excluding hydrogens is 310 g/mol. The molecule has 2 amide bonds. The van der Waals surface area contributed by atoms with Crippen LogP contribution in [0, 0.1) is 0 Å². The van der Waals surface area contributed by atoms with Crippen molar-refractivity contribution in [3.8, 4) is 0 Å². The number of carbonyl (C=O) groups excluding carboxylic acids is 2. The number of fused-ring (bicyclic) bond motifs is 1. The van der Waals surface area contributed by atoms with E-state index in [9.17, 15) is 9.59 Å². The molecule has 24 heavy (non-hydrogen) atoms. The number of nitrogens with one attached hydrogen (secondary N) is 2. The first kappa shape index (κ1) is 16.4. The van der Waals surface area contributed by atoms with E-state index in [1.54, 1.807) is 30.2 Å². The predicted molar refractivity (Wildman–Crippen MR) is 86.5 cm³/mol. The molecule has 8 heteroatoms. The average molecular weight is 331 g/mol. The Labute approximate surface area is 139 Å². The molecule has 128 valence electrons.